The van der Waals surface area contributed by atoms with E-state index in [4.69, 9.17) is 4.74 Å². The highest BCUT2D eigenvalue weighted by molar-refractivity contribution is 5.87. The van der Waals surface area contributed by atoms with E-state index in [1.165, 1.54) is 24.1 Å². The zero-order chi connectivity index (χ0) is 20.0. The number of carbonyl (C=O) groups is 2. The fourth-order valence-electron chi connectivity index (χ4n) is 2.61. The Hall–Kier alpha value is -2.89. The maximum Gasteiger partial charge on any atom is 0.261 e. The van der Waals surface area contributed by atoms with Crippen LogP contribution in [0.5, 0.6) is 5.75 Å². The first-order chi connectivity index (χ1) is 12.8. The van der Waals surface area contributed by atoms with E-state index in [1.807, 2.05) is 32.0 Å². The fourth-order valence-corrected chi connectivity index (χ4v) is 2.61. The molecule has 0 aliphatic rings. The van der Waals surface area contributed by atoms with Gasteiger partial charge in [0.25, 0.3) is 5.91 Å². The lowest BCUT2D eigenvalue weighted by Crippen LogP contribution is -2.48. The Morgan fingerprint density at radius 1 is 1.11 bits per heavy atom. The van der Waals surface area contributed by atoms with Crippen molar-refractivity contribution in [1.29, 1.82) is 0 Å². The number of rotatable bonds is 7. The predicted octanol–water partition coefficient (Wildman–Crippen LogP) is 2.98. The lowest BCUT2D eigenvalue weighted by Gasteiger charge is -2.28. The molecule has 0 saturated carbocycles. The fraction of sp³-hybridized carbons (Fsp3) is 0.333. The number of carbonyl (C=O) groups excluding carboxylic acids is 2. The molecule has 1 N–H and O–H groups in total. The van der Waals surface area contributed by atoms with Crippen molar-refractivity contribution in [2.45, 2.75) is 33.4 Å². The van der Waals surface area contributed by atoms with E-state index >= 15 is 0 Å². The van der Waals surface area contributed by atoms with Crippen molar-refractivity contribution in [2.24, 2.45) is 0 Å². The van der Waals surface area contributed by atoms with Crippen LogP contribution in [-0.4, -0.2) is 36.4 Å². The Bertz CT molecular complexity index is 806. The normalized spacial score (nSPS) is 11.6. The average molecular weight is 372 g/mol. The second-order valence-electron chi connectivity index (χ2n) is 6.47. The number of halogens is 1. The van der Waals surface area contributed by atoms with Crippen LogP contribution in [0, 0.1) is 19.7 Å². The molecule has 0 aliphatic carbocycles. The number of likely N-dealkylation sites (N-methyl/N-ethyl adjacent to an activating group) is 1. The third-order valence-corrected chi connectivity index (χ3v) is 4.52. The van der Waals surface area contributed by atoms with Crippen LogP contribution in [0.1, 0.15) is 23.6 Å². The molecular formula is C21H25FN2O3. The van der Waals surface area contributed by atoms with E-state index < -0.39 is 6.04 Å². The molecule has 2 rings (SSSR count). The number of amides is 2. The molecule has 0 spiro atoms. The summed E-state index contributed by atoms with van der Waals surface area (Å²) in [5, 5.41) is 2.55. The summed E-state index contributed by atoms with van der Waals surface area (Å²) in [6.07, 6.45) is 0. The average Bonchev–Trinajstić information content (AvgIpc) is 2.67. The molecule has 1 atom stereocenters. The lowest BCUT2D eigenvalue weighted by molar-refractivity contribution is -0.142. The van der Waals surface area contributed by atoms with E-state index in [-0.39, 0.29) is 30.8 Å². The second-order valence-corrected chi connectivity index (χ2v) is 6.47. The minimum absolute atomic E-state index is 0.185. The third-order valence-electron chi connectivity index (χ3n) is 4.52. The summed E-state index contributed by atoms with van der Waals surface area (Å²) in [6, 6.07) is 10.8. The van der Waals surface area contributed by atoms with Gasteiger partial charge in [-0.3, -0.25) is 9.59 Å². The van der Waals surface area contributed by atoms with Crippen LogP contribution in [-0.2, 0) is 16.1 Å². The van der Waals surface area contributed by atoms with Gasteiger partial charge >= 0.3 is 0 Å². The number of ether oxygens (including phenoxy) is 1. The lowest BCUT2D eigenvalue weighted by atomic mass is 10.1. The standard InChI is InChI=1S/C21H25FN2O3/c1-14-5-10-19(11-15(14)2)27-13-20(25)24(16(3)21(26)23-4)12-17-6-8-18(22)9-7-17/h5-11,16H,12-13H2,1-4H3,(H,23,26)/t16-/m1/s1. The van der Waals surface area contributed by atoms with Crippen molar-refractivity contribution in [1.82, 2.24) is 10.2 Å². The van der Waals surface area contributed by atoms with E-state index in [0.29, 0.717) is 5.75 Å². The molecule has 0 heterocycles. The van der Waals surface area contributed by atoms with Crippen molar-refractivity contribution in [3.63, 3.8) is 0 Å². The first-order valence-corrected chi connectivity index (χ1v) is 8.77. The molecule has 0 aromatic heterocycles. The van der Waals surface area contributed by atoms with Crippen molar-refractivity contribution in [3.05, 3.63) is 65.0 Å². The van der Waals surface area contributed by atoms with Gasteiger partial charge in [-0.05, 0) is 61.7 Å². The van der Waals surface area contributed by atoms with E-state index in [0.717, 1.165) is 16.7 Å². The molecule has 2 amide bonds. The summed E-state index contributed by atoms with van der Waals surface area (Å²) < 4.78 is 18.8. The molecule has 5 nitrogen and oxygen atoms in total. The third kappa shape index (κ3) is 5.54. The smallest absolute Gasteiger partial charge is 0.261 e. The van der Waals surface area contributed by atoms with Crippen LogP contribution in [0.4, 0.5) is 4.39 Å². The second kappa shape index (κ2) is 9.16. The van der Waals surface area contributed by atoms with E-state index in [9.17, 15) is 14.0 Å². The molecule has 0 radical (unpaired) electrons. The van der Waals surface area contributed by atoms with E-state index in [1.54, 1.807) is 19.1 Å². The molecule has 27 heavy (non-hydrogen) atoms. The molecule has 0 bridgehead atoms. The van der Waals surface area contributed by atoms with Gasteiger partial charge in [0, 0.05) is 13.6 Å². The van der Waals surface area contributed by atoms with Gasteiger partial charge in [0.1, 0.15) is 17.6 Å². The summed E-state index contributed by atoms with van der Waals surface area (Å²) in [5.41, 5.74) is 2.94. The largest absolute Gasteiger partial charge is 0.484 e. The number of aryl methyl sites for hydroxylation is 2. The molecule has 144 valence electrons. The summed E-state index contributed by atoms with van der Waals surface area (Å²) in [4.78, 5) is 26.2. The molecular weight excluding hydrogens is 347 g/mol. The molecule has 0 saturated heterocycles. The van der Waals surface area contributed by atoms with Crippen molar-refractivity contribution < 1.29 is 18.7 Å². The van der Waals surface area contributed by atoms with Crippen LogP contribution in [0.25, 0.3) is 0 Å². The highest BCUT2D eigenvalue weighted by atomic mass is 19.1. The van der Waals surface area contributed by atoms with Gasteiger partial charge < -0.3 is 15.0 Å². The molecule has 0 fully saturated rings. The van der Waals surface area contributed by atoms with Crippen LogP contribution in [0.3, 0.4) is 0 Å². The van der Waals surface area contributed by atoms with Crippen molar-refractivity contribution in [3.8, 4) is 5.75 Å². The number of hydrogen-bond acceptors (Lipinski definition) is 3. The van der Waals surface area contributed by atoms with Crippen LogP contribution in [0.2, 0.25) is 0 Å². The quantitative estimate of drug-likeness (QED) is 0.813. The first kappa shape index (κ1) is 20.4. The van der Waals surface area contributed by atoms with Gasteiger partial charge in [0.05, 0.1) is 0 Å². The highest BCUT2D eigenvalue weighted by Crippen LogP contribution is 2.17. The maximum absolute atomic E-state index is 13.1. The number of benzene rings is 2. The van der Waals surface area contributed by atoms with Crippen LogP contribution in [0.15, 0.2) is 42.5 Å². The monoisotopic (exact) mass is 372 g/mol. The van der Waals surface area contributed by atoms with E-state index in [2.05, 4.69) is 5.32 Å². The number of hydrogen-bond donors (Lipinski definition) is 1. The Morgan fingerprint density at radius 2 is 1.78 bits per heavy atom. The Balaban J connectivity index is 2.12. The number of nitrogens with one attached hydrogen (secondary N) is 1. The summed E-state index contributed by atoms with van der Waals surface area (Å²) in [6.45, 7) is 5.61. The molecule has 0 aliphatic heterocycles. The zero-order valence-electron chi connectivity index (χ0n) is 16.1. The summed E-state index contributed by atoms with van der Waals surface area (Å²) >= 11 is 0. The Morgan fingerprint density at radius 3 is 2.37 bits per heavy atom. The predicted molar refractivity (Wildman–Crippen MR) is 102 cm³/mol. The van der Waals surface area contributed by atoms with Gasteiger partial charge in [-0.25, -0.2) is 4.39 Å². The minimum Gasteiger partial charge on any atom is -0.484 e. The molecule has 6 heteroatoms. The van der Waals surface area contributed by atoms with Gasteiger partial charge in [0.2, 0.25) is 5.91 Å². The molecule has 0 unspecified atom stereocenters. The SMILES string of the molecule is CNC(=O)[C@@H](C)N(Cc1ccc(F)cc1)C(=O)COc1ccc(C)c(C)c1. The Kier molecular flexibility index (Phi) is 6.93. The maximum atomic E-state index is 13.1. The Labute approximate surface area is 159 Å². The van der Waals surface area contributed by atoms with Gasteiger partial charge in [-0.1, -0.05) is 18.2 Å². The molecule has 2 aromatic carbocycles. The highest BCUT2D eigenvalue weighted by Gasteiger charge is 2.25. The molecule has 2 aromatic rings. The van der Waals surface area contributed by atoms with Gasteiger partial charge in [-0.2, -0.15) is 0 Å². The summed E-state index contributed by atoms with van der Waals surface area (Å²) in [7, 11) is 1.52. The van der Waals surface area contributed by atoms with Gasteiger partial charge in [-0.15, -0.1) is 0 Å². The zero-order valence-corrected chi connectivity index (χ0v) is 16.1. The number of nitrogens with zero attached hydrogens (tertiary/aromatic N) is 1. The van der Waals surface area contributed by atoms with Crippen molar-refractivity contribution in [2.75, 3.05) is 13.7 Å². The van der Waals surface area contributed by atoms with Crippen LogP contribution < -0.4 is 10.1 Å². The van der Waals surface area contributed by atoms with Crippen molar-refractivity contribution >= 4 is 11.8 Å². The summed E-state index contributed by atoms with van der Waals surface area (Å²) in [5.74, 6) is -0.361. The minimum atomic E-state index is -0.684. The topological polar surface area (TPSA) is 58.6 Å². The first-order valence-electron chi connectivity index (χ1n) is 8.77. The van der Waals surface area contributed by atoms with Gasteiger partial charge in [0.15, 0.2) is 6.61 Å². The van der Waals surface area contributed by atoms with Crippen LogP contribution >= 0.6 is 0 Å².